The zero-order valence-corrected chi connectivity index (χ0v) is 18.5. The Bertz CT molecular complexity index is 524. The van der Waals surface area contributed by atoms with E-state index in [1.165, 1.54) is 6.42 Å². The van der Waals surface area contributed by atoms with Gasteiger partial charge in [0.25, 0.3) is 0 Å². The molecule has 25 heavy (non-hydrogen) atoms. The van der Waals surface area contributed by atoms with E-state index < -0.39 is 0 Å². The first-order valence-electron chi connectivity index (χ1n) is 8.65. The van der Waals surface area contributed by atoms with Crippen molar-refractivity contribution in [3.8, 4) is 5.75 Å². The van der Waals surface area contributed by atoms with Crippen molar-refractivity contribution in [2.75, 3.05) is 33.9 Å². The summed E-state index contributed by atoms with van der Waals surface area (Å²) in [7, 11) is 3.46. The maximum atomic E-state index is 5.55. The summed E-state index contributed by atoms with van der Waals surface area (Å²) in [5.74, 6) is 1.67. The molecule has 0 aromatic carbocycles. The van der Waals surface area contributed by atoms with Crippen LogP contribution in [0.2, 0.25) is 0 Å². The highest BCUT2D eigenvalue weighted by Gasteiger charge is 2.09. The number of aromatic nitrogens is 1. The maximum Gasteiger partial charge on any atom is 0.191 e. The Balaban J connectivity index is 0.00000576. The lowest BCUT2D eigenvalue weighted by molar-refractivity contribution is 0.129. The van der Waals surface area contributed by atoms with Crippen LogP contribution in [0.3, 0.4) is 0 Å². The van der Waals surface area contributed by atoms with E-state index in [-0.39, 0.29) is 24.0 Å². The van der Waals surface area contributed by atoms with Gasteiger partial charge >= 0.3 is 0 Å². The number of guanidine groups is 1. The molecule has 0 aliphatic heterocycles. The average molecular weight is 464 g/mol. The van der Waals surface area contributed by atoms with Crippen molar-refractivity contribution in [1.82, 2.24) is 15.6 Å². The molecule has 144 valence electrons. The molecule has 0 atom stereocenters. The molecule has 0 fully saturated rings. The molecular formula is C18H33IN4O2. The molecule has 6 nitrogen and oxygen atoms in total. The second-order valence-electron chi connectivity index (χ2n) is 5.72. The average Bonchev–Trinajstić information content (AvgIpc) is 2.58. The van der Waals surface area contributed by atoms with E-state index >= 15 is 0 Å². The van der Waals surface area contributed by atoms with Crippen molar-refractivity contribution < 1.29 is 9.47 Å². The molecule has 1 heterocycles. The molecule has 0 unspecified atom stereocenters. The second kappa shape index (κ2) is 14.1. The summed E-state index contributed by atoms with van der Waals surface area (Å²) in [5, 5.41) is 6.58. The number of rotatable bonds is 10. The Morgan fingerprint density at radius 3 is 2.56 bits per heavy atom. The zero-order chi connectivity index (χ0) is 17.8. The van der Waals surface area contributed by atoms with E-state index in [9.17, 15) is 0 Å². The molecule has 2 N–H and O–H groups in total. The minimum atomic E-state index is 0. The van der Waals surface area contributed by atoms with Gasteiger partial charge in [-0.1, -0.05) is 13.3 Å². The predicted octanol–water partition coefficient (Wildman–Crippen LogP) is 3.20. The summed E-state index contributed by atoms with van der Waals surface area (Å²) in [6.45, 7) is 9.26. The Morgan fingerprint density at radius 2 is 1.92 bits per heavy atom. The standard InChI is InChI=1S/C18H32N4O2.HI/c1-6-7-10-24-11-8-9-20-18(19-4)22-13-16-15(3)17(23-5)14(2)12-21-16;/h12H,6-11,13H2,1-5H3,(H2,19,20,22);1H. The lowest BCUT2D eigenvalue weighted by Gasteiger charge is -2.15. The van der Waals surface area contributed by atoms with Crippen LogP contribution in [0.1, 0.15) is 43.0 Å². The summed E-state index contributed by atoms with van der Waals surface area (Å²) in [5.41, 5.74) is 3.07. The van der Waals surface area contributed by atoms with Crippen molar-refractivity contribution in [3.63, 3.8) is 0 Å². The van der Waals surface area contributed by atoms with E-state index in [1.54, 1.807) is 14.2 Å². The van der Waals surface area contributed by atoms with Crippen LogP contribution in [-0.4, -0.2) is 44.9 Å². The molecule has 0 spiro atoms. The highest BCUT2D eigenvalue weighted by Crippen LogP contribution is 2.23. The highest BCUT2D eigenvalue weighted by molar-refractivity contribution is 14.0. The lowest BCUT2D eigenvalue weighted by atomic mass is 10.1. The molecule has 0 aliphatic carbocycles. The summed E-state index contributed by atoms with van der Waals surface area (Å²) in [6, 6.07) is 0. The van der Waals surface area contributed by atoms with Crippen LogP contribution in [0.4, 0.5) is 0 Å². The van der Waals surface area contributed by atoms with E-state index in [0.29, 0.717) is 6.54 Å². The Hall–Kier alpha value is -1.09. The van der Waals surface area contributed by atoms with Crippen molar-refractivity contribution in [1.29, 1.82) is 0 Å². The quantitative estimate of drug-likeness (QED) is 0.241. The third-order valence-corrected chi connectivity index (χ3v) is 3.80. The fourth-order valence-corrected chi connectivity index (χ4v) is 2.37. The monoisotopic (exact) mass is 464 g/mol. The molecule has 1 rings (SSSR count). The molecule has 1 aromatic heterocycles. The van der Waals surface area contributed by atoms with Crippen LogP contribution in [0.15, 0.2) is 11.2 Å². The SMILES string of the molecule is CCCCOCCCNC(=NC)NCc1ncc(C)c(OC)c1C.I. The zero-order valence-electron chi connectivity index (χ0n) is 16.1. The Kier molecular flexibility index (Phi) is 13.5. The third-order valence-electron chi connectivity index (χ3n) is 3.80. The van der Waals surface area contributed by atoms with Gasteiger partial charge in [-0.2, -0.15) is 0 Å². The predicted molar refractivity (Wildman–Crippen MR) is 114 cm³/mol. The number of nitrogens with one attached hydrogen (secondary N) is 2. The number of halogens is 1. The topological polar surface area (TPSA) is 67.8 Å². The van der Waals surface area contributed by atoms with Crippen LogP contribution in [0.5, 0.6) is 5.75 Å². The largest absolute Gasteiger partial charge is 0.496 e. The number of nitrogens with zero attached hydrogens (tertiary/aromatic N) is 2. The van der Waals surface area contributed by atoms with Crippen LogP contribution < -0.4 is 15.4 Å². The van der Waals surface area contributed by atoms with Crippen LogP contribution >= 0.6 is 24.0 Å². The number of hydrogen-bond acceptors (Lipinski definition) is 4. The minimum absolute atomic E-state index is 0. The van der Waals surface area contributed by atoms with Gasteiger partial charge in [0.1, 0.15) is 5.75 Å². The first kappa shape index (κ1) is 23.9. The number of ether oxygens (including phenoxy) is 2. The molecular weight excluding hydrogens is 431 g/mol. The third kappa shape index (κ3) is 8.71. The van der Waals surface area contributed by atoms with Gasteiger partial charge in [-0.15, -0.1) is 24.0 Å². The fraction of sp³-hybridized carbons (Fsp3) is 0.667. The van der Waals surface area contributed by atoms with Crippen molar-refractivity contribution in [3.05, 3.63) is 23.0 Å². The number of hydrogen-bond donors (Lipinski definition) is 2. The summed E-state index contributed by atoms with van der Waals surface area (Å²) in [6.07, 6.45) is 5.10. The summed E-state index contributed by atoms with van der Waals surface area (Å²) < 4.78 is 11.0. The van der Waals surface area contributed by atoms with Crippen molar-refractivity contribution in [2.24, 2.45) is 4.99 Å². The van der Waals surface area contributed by atoms with E-state index in [1.807, 2.05) is 20.0 Å². The smallest absolute Gasteiger partial charge is 0.191 e. The first-order chi connectivity index (χ1) is 11.6. The molecule has 0 aliphatic rings. The van der Waals surface area contributed by atoms with Gasteiger partial charge in [-0.05, 0) is 26.7 Å². The number of methoxy groups -OCH3 is 1. The lowest BCUT2D eigenvalue weighted by Crippen LogP contribution is -2.38. The fourth-order valence-electron chi connectivity index (χ4n) is 2.37. The molecule has 7 heteroatoms. The molecule has 0 amide bonds. The van der Waals surface area contributed by atoms with Crippen molar-refractivity contribution >= 4 is 29.9 Å². The first-order valence-corrected chi connectivity index (χ1v) is 8.65. The number of pyridine rings is 1. The van der Waals surface area contributed by atoms with Gasteiger partial charge in [0.15, 0.2) is 5.96 Å². The molecule has 0 bridgehead atoms. The summed E-state index contributed by atoms with van der Waals surface area (Å²) >= 11 is 0. The van der Waals surface area contributed by atoms with Crippen LogP contribution in [0, 0.1) is 13.8 Å². The van der Waals surface area contributed by atoms with E-state index in [0.717, 1.165) is 61.1 Å². The van der Waals surface area contributed by atoms with E-state index in [2.05, 4.69) is 27.5 Å². The Morgan fingerprint density at radius 1 is 1.20 bits per heavy atom. The summed E-state index contributed by atoms with van der Waals surface area (Å²) in [4.78, 5) is 8.72. The van der Waals surface area contributed by atoms with Gasteiger partial charge in [0, 0.05) is 44.1 Å². The van der Waals surface area contributed by atoms with Crippen molar-refractivity contribution in [2.45, 2.75) is 46.6 Å². The highest BCUT2D eigenvalue weighted by atomic mass is 127. The van der Waals surface area contributed by atoms with Gasteiger partial charge < -0.3 is 20.1 Å². The van der Waals surface area contributed by atoms with Gasteiger partial charge in [0.2, 0.25) is 0 Å². The van der Waals surface area contributed by atoms with Crippen LogP contribution in [0.25, 0.3) is 0 Å². The number of aryl methyl sites for hydroxylation is 1. The van der Waals surface area contributed by atoms with Gasteiger partial charge in [-0.25, -0.2) is 0 Å². The maximum absolute atomic E-state index is 5.55. The second-order valence-corrected chi connectivity index (χ2v) is 5.72. The van der Waals surface area contributed by atoms with Gasteiger partial charge in [0.05, 0.1) is 19.3 Å². The van der Waals surface area contributed by atoms with E-state index in [4.69, 9.17) is 9.47 Å². The number of unbranched alkanes of at least 4 members (excludes halogenated alkanes) is 1. The van der Waals surface area contributed by atoms with Crippen LogP contribution in [-0.2, 0) is 11.3 Å². The minimum Gasteiger partial charge on any atom is -0.496 e. The van der Waals surface area contributed by atoms with Gasteiger partial charge in [-0.3, -0.25) is 9.98 Å². The Labute approximate surface area is 169 Å². The molecule has 0 saturated carbocycles. The molecule has 1 aromatic rings. The molecule has 0 saturated heterocycles. The molecule has 0 radical (unpaired) electrons. The normalized spacial score (nSPS) is 11.0. The number of aliphatic imine (C=N–C) groups is 1.